The molecule has 1 heterocycles. The van der Waals surface area contributed by atoms with Gasteiger partial charge in [-0.1, -0.05) is 6.92 Å². The lowest BCUT2D eigenvalue weighted by Gasteiger charge is -1.99. The fraction of sp³-hybridized carbons (Fsp3) is 0.222. The molecule has 1 rings (SSSR count). The van der Waals surface area contributed by atoms with Gasteiger partial charge in [0.2, 0.25) is 0 Å². The number of pyridine rings is 1. The Hall–Kier alpha value is -0.700. The Morgan fingerprint density at radius 3 is 2.92 bits per heavy atom. The standard InChI is InChI=1S/C9H10BrN2/c1-2-3-8(11)9-5-4-7(10)6-12-9/h3-6,11H,2H2,1H3. The Labute approximate surface area is 80.7 Å². The van der Waals surface area contributed by atoms with E-state index >= 15 is 0 Å². The van der Waals surface area contributed by atoms with Crippen LogP contribution >= 0.6 is 15.9 Å². The van der Waals surface area contributed by atoms with Crippen LogP contribution < -0.4 is 0 Å². The monoisotopic (exact) mass is 225 g/mol. The molecule has 0 fully saturated rings. The van der Waals surface area contributed by atoms with E-state index in [4.69, 9.17) is 5.41 Å². The van der Waals surface area contributed by atoms with Crippen LogP contribution in [0.3, 0.4) is 0 Å². The second kappa shape index (κ2) is 4.36. The van der Waals surface area contributed by atoms with Crippen molar-refractivity contribution in [3.63, 3.8) is 0 Å². The van der Waals surface area contributed by atoms with Crippen LogP contribution in [0.4, 0.5) is 0 Å². The summed E-state index contributed by atoms with van der Waals surface area (Å²) in [6.07, 6.45) is 4.42. The Morgan fingerprint density at radius 1 is 1.67 bits per heavy atom. The zero-order valence-electron chi connectivity index (χ0n) is 6.84. The van der Waals surface area contributed by atoms with Gasteiger partial charge < -0.3 is 5.41 Å². The summed E-state index contributed by atoms with van der Waals surface area (Å²) in [6.45, 7) is 2.01. The van der Waals surface area contributed by atoms with E-state index in [2.05, 4.69) is 20.9 Å². The number of aromatic nitrogens is 1. The van der Waals surface area contributed by atoms with Gasteiger partial charge in [0.25, 0.3) is 0 Å². The van der Waals surface area contributed by atoms with Gasteiger partial charge in [-0.05, 0) is 34.5 Å². The molecule has 3 heteroatoms. The van der Waals surface area contributed by atoms with Crippen molar-refractivity contribution in [3.8, 4) is 0 Å². The van der Waals surface area contributed by atoms with Crippen LogP contribution in [0, 0.1) is 11.8 Å². The average Bonchev–Trinajstić information content (AvgIpc) is 2.06. The maximum Gasteiger partial charge on any atom is 0.0841 e. The van der Waals surface area contributed by atoms with Gasteiger partial charge in [-0.15, -0.1) is 0 Å². The van der Waals surface area contributed by atoms with Gasteiger partial charge in [-0.3, -0.25) is 4.98 Å². The zero-order valence-corrected chi connectivity index (χ0v) is 8.43. The van der Waals surface area contributed by atoms with E-state index in [-0.39, 0.29) is 0 Å². The normalized spacial score (nSPS) is 9.83. The molecule has 0 aliphatic carbocycles. The number of rotatable bonds is 3. The van der Waals surface area contributed by atoms with Crippen LogP contribution in [0.2, 0.25) is 0 Å². The number of halogens is 1. The van der Waals surface area contributed by atoms with Crippen molar-refractivity contribution >= 4 is 21.6 Å². The minimum absolute atomic E-state index is 0.491. The molecule has 0 atom stereocenters. The van der Waals surface area contributed by atoms with E-state index in [1.54, 1.807) is 6.20 Å². The maximum atomic E-state index is 7.57. The topological polar surface area (TPSA) is 36.7 Å². The highest BCUT2D eigenvalue weighted by molar-refractivity contribution is 9.10. The Kier molecular flexibility index (Phi) is 3.41. The molecule has 1 radical (unpaired) electrons. The van der Waals surface area contributed by atoms with E-state index in [0.717, 1.165) is 16.6 Å². The number of nitrogens with zero attached hydrogens (tertiary/aromatic N) is 1. The highest BCUT2D eigenvalue weighted by Gasteiger charge is 2.00. The van der Waals surface area contributed by atoms with E-state index < -0.39 is 0 Å². The summed E-state index contributed by atoms with van der Waals surface area (Å²) in [7, 11) is 0. The van der Waals surface area contributed by atoms with Crippen molar-refractivity contribution in [1.29, 1.82) is 5.41 Å². The summed E-state index contributed by atoms with van der Waals surface area (Å²) in [5, 5.41) is 7.57. The first-order valence-electron chi connectivity index (χ1n) is 3.77. The van der Waals surface area contributed by atoms with E-state index in [1.165, 1.54) is 0 Å². The highest BCUT2D eigenvalue weighted by Crippen LogP contribution is 2.08. The summed E-state index contributed by atoms with van der Waals surface area (Å²) >= 11 is 3.29. The summed E-state index contributed by atoms with van der Waals surface area (Å²) in [4.78, 5) is 4.09. The third-order valence-electron chi connectivity index (χ3n) is 1.41. The third kappa shape index (κ3) is 2.41. The van der Waals surface area contributed by atoms with Crippen LogP contribution in [0.15, 0.2) is 22.8 Å². The first kappa shape index (κ1) is 9.39. The summed E-state index contributed by atoms with van der Waals surface area (Å²) in [5.41, 5.74) is 1.21. The Morgan fingerprint density at radius 2 is 2.42 bits per heavy atom. The quantitative estimate of drug-likeness (QED) is 0.790. The summed E-state index contributed by atoms with van der Waals surface area (Å²) < 4.78 is 0.940. The lowest BCUT2D eigenvalue weighted by Crippen LogP contribution is -2.01. The molecule has 0 spiro atoms. The molecule has 1 N–H and O–H groups in total. The van der Waals surface area contributed by atoms with Crippen LogP contribution in [0.25, 0.3) is 0 Å². The molecular formula is C9H10BrN2. The highest BCUT2D eigenvalue weighted by atomic mass is 79.9. The fourth-order valence-corrected chi connectivity index (χ4v) is 1.08. The van der Waals surface area contributed by atoms with E-state index in [1.807, 2.05) is 25.5 Å². The van der Waals surface area contributed by atoms with Gasteiger partial charge in [0.15, 0.2) is 0 Å². The SMILES string of the molecule is CC[CH]C(=N)c1ccc(Br)cn1. The van der Waals surface area contributed by atoms with Crippen LogP contribution in [0.5, 0.6) is 0 Å². The lowest BCUT2D eigenvalue weighted by atomic mass is 10.1. The molecule has 12 heavy (non-hydrogen) atoms. The molecule has 0 aliphatic rings. The van der Waals surface area contributed by atoms with Gasteiger partial charge in [-0.25, -0.2) is 0 Å². The zero-order chi connectivity index (χ0) is 8.97. The fourth-order valence-electron chi connectivity index (χ4n) is 0.844. The van der Waals surface area contributed by atoms with E-state index in [9.17, 15) is 0 Å². The van der Waals surface area contributed by atoms with Crippen LogP contribution in [-0.4, -0.2) is 10.7 Å². The largest absolute Gasteiger partial charge is 0.303 e. The number of nitrogens with one attached hydrogen (secondary N) is 1. The second-order valence-corrected chi connectivity index (χ2v) is 3.30. The van der Waals surface area contributed by atoms with Crippen LogP contribution in [0.1, 0.15) is 19.0 Å². The number of hydrogen-bond acceptors (Lipinski definition) is 2. The summed E-state index contributed by atoms with van der Waals surface area (Å²) in [5.74, 6) is 0. The van der Waals surface area contributed by atoms with Crippen molar-refractivity contribution in [3.05, 3.63) is 34.9 Å². The van der Waals surface area contributed by atoms with Gasteiger partial charge in [0, 0.05) is 17.1 Å². The Balaban J connectivity index is 2.75. The van der Waals surface area contributed by atoms with Crippen molar-refractivity contribution in [2.45, 2.75) is 13.3 Å². The molecule has 0 saturated heterocycles. The number of hydrogen-bond donors (Lipinski definition) is 1. The second-order valence-electron chi connectivity index (χ2n) is 2.39. The van der Waals surface area contributed by atoms with Gasteiger partial charge in [0.05, 0.1) is 11.4 Å². The van der Waals surface area contributed by atoms with Gasteiger partial charge >= 0.3 is 0 Å². The van der Waals surface area contributed by atoms with Crippen molar-refractivity contribution in [1.82, 2.24) is 4.98 Å². The van der Waals surface area contributed by atoms with Crippen molar-refractivity contribution in [2.75, 3.05) is 0 Å². The van der Waals surface area contributed by atoms with E-state index in [0.29, 0.717) is 5.71 Å². The predicted octanol–water partition coefficient (Wildman–Crippen LogP) is 2.83. The third-order valence-corrected chi connectivity index (χ3v) is 1.88. The predicted molar refractivity (Wildman–Crippen MR) is 53.4 cm³/mol. The maximum absolute atomic E-state index is 7.57. The molecule has 0 amide bonds. The molecule has 0 unspecified atom stereocenters. The molecule has 0 saturated carbocycles. The molecular weight excluding hydrogens is 216 g/mol. The minimum Gasteiger partial charge on any atom is -0.303 e. The molecule has 0 bridgehead atoms. The van der Waals surface area contributed by atoms with Gasteiger partial charge in [-0.2, -0.15) is 0 Å². The minimum atomic E-state index is 0.491. The molecule has 1 aromatic rings. The van der Waals surface area contributed by atoms with Gasteiger partial charge in [0.1, 0.15) is 0 Å². The first-order chi connectivity index (χ1) is 5.74. The molecule has 1 aromatic heterocycles. The van der Waals surface area contributed by atoms with Crippen molar-refractivity contribution < 1.29 is 0 Å². The average molecular weight is 226 g/mol. The molecule has 0 aromatic carbocycles. The smallest absolute Gasteiger partial charge is 0.0841 e. The summed E-state index contributed by atoms with van der Waals surface area (Å²) in [6, 6.07) is 3.72. The lowest BCUT2D eigenvalue weighted by molar-refractivity contribution is 1.14. The first-order valence-corrected chi connectivity index (χ1v) is 4.57. The molecule has 63 valence electrons. The van der Waals surface area contributed by atoms with Crippen LogP contribution in [-0.2, 0) is 0 Å². The molecule has 2 nitrogen and oxygen atoms in total. The molecule has 0 aliphatic heterocycles. The Bertz CT molecular complexity index is 266. The van der Waals surface area contributed by atoms with Crippen molar-refractivity contribution in [2.24, 2.45) is 0 Å².